The van der Waals surface area contributed by atoms with E-state index in [0.717, 1.165) is 12.8 Å². The van der Waals surface area contributed by atoms with Gasteiger partial charge in [-0.15, -0.1) is 0 Å². The van der Waals surface area contributed by atoms with Crippen molar-refractivity contribution in [3.8, 4) is 0 Å². The van der Waals surface area contributed by atoms with E-state index in [1.54, 1.807) is 24.3 Å². The van der Waals surface area contributed by atoms with Crippen LogP contribution in [0.4, 0.5) is 5.69 Å². The van der Waals surface area contributed by atoms with E-state index in [2.05, 4.69) is 4.72 Å². The normalized spacial score (nSPS) is 20.1. The van der Waals surface area contributed by atoms with Crippen molar-refractivity contribution in [1.29, 1.82) is 0 Å². The van der Waals surface area contributed by atoms with Crippen molar-refractivity contribution in [3.63, 3.8) is 0 Å². The zero-order valence-electron chi connectivity index (χ0n) is 11.9. The average molecular weight is 312 g/mol. The minimum atomic E-state index is -3.54. The summed E-state index contributed by atoms with van der Waals surface area (Å²) in [4.78, 5) is 10.6. The molecule has 116 valence electrons. The quantitative estimate of drug-likeness (QED) is 0.866. The van der Waals surface area contributed by atoms with Crippen molar-refractivity contribution in [2.24, 2.45) is 5.92 Å². The van der Waals surface area contributed by atoms with Gasteiger partial charge in [-0.2, -0.15) is 12.7 Å². The third kappa shape index (κ3) is 4.44. The topological polar surface area (TPSA) is 86.7 Å². The van der Waals surface area contributed by atoms with E-state index in [1.807, 2.05) is 6.92 Å². The number of piperidine rings is 1. The molecule has 21 heavy (non-hydrogen) atoms. The van der Waals surface area contributed by atoms with Crippen LogP contribution in [0.1, 0.15) is 25.3 Å². The molecule has 0 aromatic heterocycles. The van der Waals surface area contributed by atoms with Gasteiger partial charge in [0.1, 0.15) is 0 Å². The summed E-state index contributed by atoms with van der Waals surface area (Å²) in [6.07, 6.45) is 1.85. The van der Waals surface area contributed by atoms with Gasteiger partial charge in [-0.05, 0) is 36.5 Å². The third-order valence-corrected chi connectivity index (χ3v) is 5.02. The Morgan fingerprint density at radius 1 is 1.38 bits per heavy atom. The Hall–Kier alpha value is -1.60. The Balaban J connectivity index is 2.04. The monoisotopic (exact) mass is 312 g/mol. The Labute approximate surface area is 125 Å². The van der Waals surface area contributed by atoms with Gasteiger partial charge < -0.3 is 5.11 Å². The van der Waals surface area contributed by atoms with Gasteiger partial charge in [0.05, 0.1) is 6.42 Å². The number of rotatable bonds is 5. The molecule has 2 rings (SSSR count). The number of aliphatic carboxylic acids is 1. The van der Waals surface area contributed by atoms with E-state index in [1.165, 1.54) is 4.31 Å². The van der Waals surface area contributed by atoms with E-state index in [0.29, 0.717) is 30.3 Å². The van der Waals surface area contributed by atoms with E-state index in [9.17, 15) is 13.2 Å². The van der Waals surface area contributed by atoms with E-state index < -0.39 is 16.2 Å². The Morgan fingerprint density at radius 3 is 2.62 bits per heavy atom. The second-order valence-corrected chi connectivity index (χ2v) is 7.15. The molecule has 0 spiro atoms. The lowest BCUT2D eigenvalue weighted by Crippen LogP contribution is -2.42. The van der Waals surface area contributed by atoms with Crippen LogP contribution >= 0.6 is 0 Å². The summed E-state index contributed by atoms with van der Waals surface area (Å²) in [5.41, 5.74) is 1.08. The summed E-state index contributed by atoms with van der Waals surface area (Å²) in [5, 5.41) is 8.70. The number of nitrogens with zero attached hydrogens (tertiary/aromatic N) is 1. The van der Waals surface area contributed by atoms with Crippen molar-refractivity contribution in [2.75, 3.05) is 17.8 Å². The lowest BCUT2D eigenvalue weighted by Gasteiger charge is -2.30. The second-order valence-electron chi connectivity index (χ2n) is 5.48. The van der Waals surface area contributed by atoms with Crippen LogP contribution in [-0.2, 0) is 21.4 Å². The lowest BCUT2D eigenvalue weighted by atomic mass is 10.0. The highest BCUT2D eigenvalue weighted by Crippen LogP contribution is 2.20. The molecule has 0 aliphatic carbocycles. The fourth-order valence-electron chi connectivity index (χ4n) is 2.44. The molecule has 0 saturated carbocycles. The van der Waals surface area contributed by atoms with Gasteiger partial charge in [0.2, 0.25) is 0 Å². The molecular formula is C14H20N2O4S. The maximum atomic E-state index is 12.3. The summed E-state index contributed by atoms with van der Waals surface area (Å²) in [6.45, 7) is 3.12. The predicted molar refractivity (Wildman–Crippen MR) is 80.3 cm³/mol. The van der Waals surface area contributed by atoms with Gasteiger partial charge in [-0.3, -0.25) is 9.52 Å². The maximum Gasteiger partial charge on any atom is 0.307 e. The predicted octanol–water partition coefficient (Wildman–Crippen LogP) is 1.70. The molecular weight excluding hydrogens is 292 g/mol. The highest BCUT2D eigenvalue weighted by Gasteiger charge is 2.26. The van der Waals surface area contributed by atoms with Gasteiger partial charge in [-0.1, -0.05) is 19.1 Å². The molecule has 1 aromatic rings. The number of anilines is 1. The van der Waals surface area contributed by atoms with Crippen LogP contribution in [-0.4, -0.2) is 36.9 Å². The summed E-state index contributed by atoms with van der Waals surface area (Å²) in [7, 11) is -3.54. The molecule has 1 saturated heterocycles. The van der Waals surface area contributed by atoms with Gasteiger partial charge in [-0.25, -0.2) is 0 Å². The molecule has 1 fully saturated rings. The lowest BCUT2D eigenvalue weighted by molar-refractivity contribution is -0.136. The fraction of sp³-hybridized carbons (Fsp3) is 0.500. The number of carboxylic acid groups (broad SMARTS) is 1. The van der Waals surface area contributed by atoms with Crippen LogP contribution in [0.15, 0.2) is 24.3 Å². The number of benzene rings is 1. The van der Waals surface area contributed by atoms with Gasteiger partial charge in [0.25, 0.3) is 0 Å². The SMILES string of the molecule is CC1CCCN(S(=O)(=O)Nc2ccc(CC(=O)O)cc2)C1. The Bertz CT molecular complexity index is 598. The van der Waals surface area contributed by atoms with Gasteiger partial charge in [0, 0.05) is 18.8 Å². The third-order valence-electron chi connectivity index (χ3n) is 3.52. The summed E-state index contributed by atoms with van der Waals surface area (Å²) >= 11 is 0. The van der Waals surface area contributed by atoms with Gasteiger partial charge >= 0.3 is 16.2 Å². The first-order valence-electron chi connectivity index (χ1n) is 6.95. The molecule has 1 atom stereocenters. The Kier molecular flexibility index (Phi) is 4.84. The van der Waals surface area contributed by atoms with Crippen molar-refractivity contribution >= 4 is 21.9 Å². The minimum absolute atomic E-state index is 0.0727. The van der Waals surface area contributed by atoms with Crippen LogP contribution in [0.3, 0.4) is 0 Å². The van der Waals surface area contributed by atoms with E-state index >= 15 is 0 Å². The highest BCUT2D eigenvalue weighted by atomic mass is 32.2. The highest BCUT2D eigenvalue weighted by molar-refractivity contribution is 7.90. The molecule has 1 aromatic carbocycles. The average Bonchev–Trinajstić information content (AvgIpc) is 2.40. The minimum Gasteiger partial charge on any atom is -0.481 e. The first-order valence-corrected chi connectivity index (χ1v) is 8.39. The van der Waals surface area contributed by atoms with E-state index in [4.69, 9.17) is 5.11 Å². The molecule has 0 amide bonds. The number of hydrogen-bond donors (Lipinski definition) is 2. The molecule has 1 heterocycles. The van der Waals surface area contributed by atoms with Crippen molar-refractivity contribution in [2.45, 2.75) is 26.2 Å². The van der Waals surface area contributed by atoms with Gasteiger partial charge in [0.15, 0.2) is 0 Å². The fourth-order valence-corrected chi connectivity index (χ4v) is 3.83. The second kappa shape index (κ2) is 6.44. The van der Waals surface area contributed by atoms with Crippen LogP contribution < -0.4 is 4.72 Å². The molecule has 1 aliphatic heterocycles. The molecule has 2 N–H and O–H groups in total. The molecule has 7 heteroatoms. The van der Waals surface area contributed by atoms with E-state index in [-0.39, 0.29) is 6.42 Å². The largest absolute Gasteiger partial charge is 0.481 e. The first-order chi connectivity index (χ1) is 9.87. The van der Waals surface area contributed by atoms with Crippen LogP contribution in [0.25, 0.3) is 0 Å². The number of carboxylic acids is 1. The zero-order chi connectivity index (χ0) is 15.5. The first kappa shape index (κ1) is 15.8. The van der Waals surface area contributed by atoms with Crippen LogP contribution in [0.2, 0.25) is 0 Å². The van der Waals surface area contributed by atoms with Crippen molar-refractivity contribution < 1.29 is 18.3 Å². The smallest absolute Gasteiger partial charge is 0.307 e. The molecule has 1 unspecified atom stereocenters. The molecule has 1 aliphatic rings. The molecule has 0 bridgehead atoms. The number of carbonyl (C=O) groups is 1. The number of nitrogens with one attached hydrogen (secondary N) is 1. The van der Waals surface area contributed by atoms with Crippen molar-refractivity contribution in [3.05, 3.63) is 29.8 Å². The zero-order valence-corrected chi connectivity index (χ0v) is 12.8. The van der Waals surface area contributed by atoms with Crippen molar-refractivity contribution in [1.82, 2.24) is 4.31 Å². The molecule has 6 nitrogen and oxygen atoms in total. The van der Waals surface area contributed by atoms with Crippen LogP contribution in [0.5, 0.6) is 0 Å². The number of hydrogen-bond acceptors (Lipinski definition) is 3. The summed E-state index contributed by atoms with van der Waals surface area (Å²) in [6, 6.07) is 6.40. The maximum absolute atomic E-state index is 12.3. The summed E-state index contributed by atoms with van der Waals surface area (Å²) < 4.78 is 28.6. The summed E-state index contributed by atoms with van der Waals surface area (Å²) in [5.74, 6) is -0.543. The molecule has 0 radical (unpaired) electrons. The van der Waals surface area contributed by atoms with Crippen LogP contribution in [0, 0.1) is 5.92 Å². The standard InChI is InChI=1S/C14H20N2O4S/c1-11-3-2-8-16(10-11)21(19,20)15-13-6-4-12(5-7-13)9-14(17)18/h4-7,11,15H,2-3,8-10H2,1H3,(H,17,18). The Morgan fingerprint density at radius 2 is 2.05 bits per heavy atom.